The van der Waals surface area contributed by atoms with Crippen molar-refractivity contribution in [3.8, 4) is 0 Å². The van der Waals surface area contributed by atoms with E-state index in [2.05, 4.69) is 9.55 Å². The van der Waals surface area contributed by atoms with Gasteiger partial charge >= 0.3 is 0 Å². The molecule has 3 rings (SSSR count). The molecule has 0 saturated heterocycles. The lowest BCUT2D eigenvalue weighted by atomic mass is 10.3. The number of para-hydroxylation sites is 2. The van der Waals surface area contributed by atoms with Crippen molar-refractivity contribution in [2.24, 2.45) is 5.14 Å². The Kier molecular flexibility index (Phi) is 5.22. The number of nitrogens with zero attached hydrogens (tertiary/aromatic N) is 3. The molecular weight excluding hydrogens is 400 g/mol. The zero-order valence-corrected chi connectivity index (χ0v) is 17.5. The SMILES string of the molecule is CCn1c(CN(C)c2ccc(S(N)(=O)=O)cc2S(C)(=O)=O)nc2ccccc21. The van der Waals surface area contributed by atoms with Crippen LogP contribution in [0.3, 0.4) is 0 Å². The van der Waals surface area contributed by atoms with Crippen molar-refractivity contribution < 1.29 is 16.8 Å². The van der Waals surface area contributed by atoms with E-state index in [4.69, 9.17) is 5.14 Å². The molecule has 0 unspecified atom stereocenters. The highest BCUT2D eigenvalue weighted by Crippen LogP contribution is 2.28. The van der Waals surface area contributed by atoms with Gasteiger partial charge in [-0.05, 0) is 37.3 Å². The van der Waals surface area contributed by atoms with Crippen LogP contribution in [0.15, 0.2) is 52.3 Å². The largest absolute Gasteiger partial charge is 0.366 e. The maximum Gasteiger partial charge on any atom is 0.238 e. The number of imidazole rings is 1. The second-order valence-electron chi connectivity index (χ2n) is 6.56. The van der Waals surface area contributed by atoms with Gasteiger partial charge in [0.1, 0.15) is 5.82 Å². The van der Waals surface area contributed by atoms with Crippen LogP contribution in [0.2, 0.25) is 0 Å². The Morgan fingerprint density at radius 2 is 1.79 bits per heavy atom. The van der Waals surface area contributed by atoms with E-state index >= 15 is 0 Å². The second kappa shape index (κ2) is 7.19. The van der Waals surface area contributed by atoms with Crippen molar-refractivity contribution in [2.75, 3.05) is 18.2 Å². The normalized spacial score (nSPS) is 12.4. The number of sulfone groups is 1. The third-order valence-corrected chi connectivity index (χ3v) is 6.54. The van der Waals surface area contributed by atoms with Crippen LogP contribution >= 0.6 is 0 Å². The minimum atomic E-state index is -4.01. The van der Waals surface area contributed by atoms with Gasteiger partial charge in [0.25, 0.3) is 0 Å². The molecule has 2 aromatic carbocycles. The average Bonchev–Trinajstić information content (AvgIpc) is 2.96. The number of primary sulfonamides is 1. The third-order valence-electron chi connectivity index (χ3n) is 4.50. The van der Waals surface area contributed by atoms with Crippen molar-refractivity contribution in [3.05, 3.63) is 48.3 Å². The van der Waals surface area contributed by atoms with Gasteiger partial charge in [0.2, 0.25) is 10.0 Å². The fourth-order valence-electron chi connectivity index (χ4n) is 3.18. The second-order valence-corrected chi connectivity index (χ2v) is 10.1. The molecule has 0 aliphatic rings. The third kappa shape index (κ3) is 3.89. The lowest BCUT2D eigenvalue weighted by molar-refractivity contribution is 0.597. The molecule has 0 amide bonds. The van der Waals surface area contributed by atoms with Crippen molar-refractivity contribution in [1.82, 2.24) is 9.55 Å². The Morgan fingerprint density at radius 1 is 1.11 bits per heavy atom. The van der Waals surface area contributed by atoms with Crippen LogP contribution in [0.5, 0.6) is 0 Å². The van der Waals surface area contributed by atoms with Gasteiger partial charge in [-0.3, -0.25) is 0 Å². The van der Waals surface area contributed by atoms with E-state index in [1.807, 2.05) is 31.2 Å². The maximum absolute atomic E-state index is 12.3. The summed E-state index contributed by atoms with van der Waals surface area (Å²) in [6.45, 7) is 3.08. The van der Waals surface area contributed by atoms with Gasteiger partial charge in [0.15, 0.2) is 9.84 Å². The summed E-state index contributed by atoms with van der Waals surface area (Å²) >= 11 is 0. The molecule has 0 radical (unpaired) electrons. The molecule has 3 aromatic rings. The van der Waals surface area contributed by atoms with Crippen LogP contribution in [0.4, 0.5) is 5.69 Å². The predicted octanol–water partition coefficient (Wildman–Crippen LogP) is 1.74. The minimum Gasteiger partial charge on any atom is -0.366 e. The summed E-state index contributed by atoms with van der Waals surface area (Å²) in [4.78, 5) is 6.05. The highest BCUT2D eigenvalue weighted by Gasteiger charge is 2.21. The Labute approximate surface area is 164 Å². The Hall–Kier alpha value is -2.43. The van der Waals surface area contributed by atoms with Crippen molar-refractivity contribution >= 4 is 36.6 Å². The molecule has 150 valence electrons. The van der Waals surface area contributed by atoms with Crippen LogP contribution < -0.4 is 10.0 Å². The van der Waals surface area contributed by atoms with Crippen molar-refractivity contribution in [3.63, 3.8) is 0 Å². The van der Waals surface area contributed by atoms with E-state index in [0.29, 0.717) is 18.8 Å². The fourth-order valence-corrected chi connectivity index (χ4v) is 4.74. The molecule has 28 heavy (non-hydrogen) atoms. The zero-order chi connectivity index (χ0) is 20.7. The van der Waals surface area contributed by atoms with Crippen LogP contribution in [-0.2, 0) is 33.0 Å². The lowest BCUT2D eigenvalue weighted by Gasteiger charge is -2.22. The van der Waals surface area contributed by atoms with Crippen LogP contribution in [-0.4, -0.2) is 39.7 Å². The van der Waals surface area contributed by atoms with Gasteiger partial charge < -0.3 is 9.47 Å². The Balaban J connectivity index is 2.07. The number of benzene rings is 2. The molecule has 0 aliphatic heterocycles. The number of fused-ring (bicyclic) bond motifs is 1. The molecule has 10 heteroatoms. The standard InChI is InChI=1S/C18H22N4O4S2/c1-4-22-15-8-6-5-7-14(15)20-18(22)12-21(2)16-10-9-13(28(19,25)26)11-17(16)27(3,23)24/h5-11H,4,12H2,1-3H3,(H2,19,25,26). The van der Waals surface area contributed by atoms with E-state index < -0.39 is 19.9 Å². The number of rotatable bonds is 6. The number of hydrogen-bond donors (Lipinski definition) is 1. The van der Waals surface area contributed by atoms with E-state index in [1.54, 1.807) is 11.9 Å². The number of nitrogens with two attached hydrogens (primary N) is 1. The topological polar surface area (TPSA) is 115 Å². The molecule has 0 spiro atoms. The molecule has 0 aliphatic carbocycles. The number of aryl methyl sites for hydroxylation is 1. The monoisotopic (exact) mass is 422 g/mol. The summed E-state index contributed by atoms with van der Waals surface area (Å²) in [5, 5.41) is 5.15. The summed E-state index contributed by atoms with van der Waals surface area (Å²) in [6, 6.07) is 11.6. The van der Waals surface area contributed by atoms with E-state index in [1.165, 1.54) is 12.1 Å². The quantitative estimate of drug-likeness (QED) is 0.647. The predicted molar refractivity (Wildman–Crippen MR) is 108 cm³/mol. The molecule has 1 aromatic heterocycles. The molecular formula is C18H22N4O4S2. The first-order valence-corrected chi connectivity index (χ1v) is 12.0. The number of sulfonamides is 1. The van der Waals surface area contributed by atoms with Gasteiger partial charge in [0, 0.05) is 19.8 Å². The first kappa shape index (κ1) is 20.3. The first-order chi connectivity index (χ1) is 13.0. The summed E-state index contributed by atoms with van der Waals surface area (Å²) in [5.74, 6) is 0.779. The summed E-state index contributed by atoms with van der Waals surface area (Å²) < 4.78 is 49.8. The molecule has 0 saturated carbocycles. The molecule has 0 atom stereocenters. The van der Waals surface area contributed by atoms with E-state index in [0.717, 1.165) is 29.2 Å². The number of hydrogen-bond acceptors (Lipinski definition) is 6. The fraction of sp³-hybridized carbons (Fsp3) is 0.278. The van der Waals surface area contributed by atoms with Crippen molar-refractivity contribution in [1.29, 1.82) is 0 Å². The highest BCUT2D eigenvalue weighted by molar-refractivity contribution is 7.91. The zero-order valence-electron chi connectivity index (χ0n) is 15.8. The highest BCUT2D eigenvalue weighted by atomic mass is 32.2. The molecule has 1 heterocycles. The first-order valence-electron chi connectivity index (χ1n) is 8.54. The molecule has 8 nitrogen and oxygen atoms in total. The van der Waals surface area contributed by atoms with Gasteiger partial charge in [-0.25, -0.2) is 27.0 Å². The smallest absolute Gasteiger partial charge is 0.238 e. The number of anilines is 1. The van der Waals surface area contributed by atoms with Gasteiger partial charge in [-0.2, -0.15) is 0 Å². The minimum absolute atomic E-state index is 0.0966. The average molecular weight is 423 g/mol. The van der Waals surface area contributed by atoms with Crippen LogP contribution in [0.1, 0.15) is 12.7 Å². The van der Waals surface area contributed by atoms with E-state index in [-0.39, 0.29) is 9.79 Å². The van der Waals surface area contributed by atoms with Gasteiger partial charge in [-0.15, -0.1) is 0 Å². The Morgan fingerprint density at radius 3 is 2.39 bits per heavy atom. The molecule has 2 N–H and O–H groups in total. The summed E-state index contributed by atoms with van der Waals surface area (Å²) in [7, 11) is -5.96. The van der Waals surface area contributed by atoms with Gasteiger partial charge in [0.05, 0.1) is 33.1 Å². The van der Waals surface area contributed by atoms with Crippen LogP contribution in [0.25, 0.3) is 11.0 Å². The van der Waals surface area contributed by atoms with Crippen LogP contribution in [0, 0.1) is 0 Å². The Bertz CT molecular complexity index is 1250. The number of aromatic nitrogens is 2. The molecule has 0 bridgehead atoms. The van der Waals surface area contributed by atoms with Crippen molar-refractivity contribution in [2.45, 2.75) is 29.8 Å². The lowest BCUT2D eigenvalue weighted by Crippen LogP contribution is -2.22. The van der Waals surface area contributed by atoms with E-state index in [9.17, 15) is 16.8 Å². The summed E-state index contributed by atoms with van der Waals surface area (Å²) in [6.07, 6.45) is 1.04. The molecule has 0 fully saturated rings. The maximum atomic E-state index is 12.3. The summed E-state index contributed by atoms with van der Waals surface area (Å²) in [5.41, 5.74) is 2.24. The van der Waals surface area contributed by atoms with Gasteiger partial charge in [-0.1, -0.05) is 12.1 Å².